The molecule has 0 spiro atoms. The average Bonchev–Trinajstić information content (AvgIpc) is 2.36. The zero-order chi connectivity index (χ0) is 12.8. The lowest BCUT2D eigenvalue weighted by molar-refractivity contribution is 0.0522. The number of rotatable bonds is 4. The molecule has 0 heterocycles. The maximum Gasteiger partial charge on any atom is 0.343 e. The predicted molar refractivity (Wildman–Crippen MR) is 63.0 cm³/mol. The molecule has 1 aromatic carbocycles. The van der Waals surface area contributed by atoms with E-state index < -0.39 is 5.97 Å². The van der Waals surface area contributed by atoms with E-state index in [-0.39, 0.29) is 17.7 Å². The Morgan fingerprint density at radius 3 is 2.59 bits per heavy atom. The van der Waals surface area contributed by atoms with Gasteiger partial charge in [0.2, 0.25) is 0 Å². The van der Waals surface area contributed by atoms with Gasteiger partial charge in [0.25, 0.3) is 0 Å². The summed E-state index contributed by atoms with van der Waals surface area (Å²) in [4.78, 5) is 11.8. The van der Waals surface area contributed by atoms with Gasteiger partial charge in [0, 0.05) is 0 Å². The van der Waals surface area contributed by atoms with Gasteiger partial charge < -0.3 is 9.47 Å². The Hall–Kier alpha value is -2.02. The fourth-order valence-corrected chi connectivity index (χ4v) is 1.64. The van der Waals surface area contributed by atoms with Crippen LogP contribution in [0.25, 0.3) is 0 Å². The highest BCUT2D eigenvalue weighted by molar-refractivity contribution is 5.95. The molecule has 4 nitrogen and oxygen atoms in total. The van der Waals surface area contributed by atoms with Crippen molar-refractivity contribution < 1.29 is 14.3 Å². The minimum atomic E-state index is -0.517. The summed E-state index contributed by atoms with van der Waals surface area (Å²) in [5, 5.41) is 9.01. The molecule has 0 amide bonds. The molecule has 0 aliphatic heterocycles. The van der Waals surface area contributed by atoms with Crippen LogP contribution in [0.5, 0.6) is 5.75 Å². The van der Waals surface area contributed by atoms with Gasteiger partial charge in [-0.15, -0.1) is 0 Å². The molecule has 90 valence electrons. The van der Waals surface area contributed by atoms with E-state index in [1.54, 1.807) is 19.1 Å². The van der Waals surface area contributed by atoms with Crippen LogP contribution in [-0.4, -0.2) is 19.7 Å². The van der Waals surface area contributed by atoms with E-state index >= 15 is 0 Å². The molecule has 0 aromatic heterocycles. The lowest BCUT2D eigenvalue weighted by atomic mass is 10.0. The summed E-state index contributed by atoms with van der Waals surface area (Å²) in [6.07, 6.45) is 0.723. The zero-order valence-corrected chi connectivity index (χ0v) is 10.2. The van der Waals surface area contributed by atoms with E-state index in [2.05, 4.69) is 0 Å². The monoisotopic (exact) mass is 233 g/mol. The van der Waals surface area contributed by atoms with Crippen molar-refractivity contribution in [1.82, 2.24) is 0 Å². The second-order valence-corrected chi connectivity index (χ2v) is 3.37. The van der Waals surface area contributed by atoms with Crippen molar-refractivity contribution in [3.63, 3.8) is 0 Å². The lowest BCUT2D eigenvalue weighted by Crippen LogP contribution is -2.10. The smallest absolute Gasteiger partial charge is 0.343 e. The molecule has 0 bridgehead atoms. The standard InChI is InChI=1S/C13H15NO3/c1-4-9-6-7-10(8-14)11(12(9)16-3)13(15)17-5-2/h6-7H,4-5H2,1-3H3. The molecule has 0 unspecified atom stereocenters. The number of carbonyl (C=O) groups excluding carboxylic acids is 1. The molecule has 4 heteroatoms. The second-order valence-electron chi connectivity index (χ2n) is 3.37. The van der Waals surface area contributed by atoms with Crippen LogP contribution in [0, 0.1) is 11.3 Å². The largest absolute Gasteiger partial charge is 0.496 e. The van der Waals surface area contributed by atoms with Crippen LogP contribution in [0.3, 0.4) is 0 Å². The van der Waals surface area contributed by atoms with E-state index in [4.69, 9.17) is 14.7 Å². The third kappa shape index (κ3) is 2.56. The van der Waals surface area contributed by atoms with Gasteiger partial charge in [0.15, 0.2) is 0 Å². The van der Waals surface area contributed by atoms with E-state index in [1.165, 1.54) is 7.11 Å². The summed E-state index contributed by atoms with van der Waals surface area (Å²) in [5.74, 6) is -0.0822. The normalized spacial score (nSPS) is 9.53. The quantitative estimate of drug-likeness (QED) is 0.749. The highest BCUT2D eigenvalue weighted by Crippen LogP contribution is 2.28. The van der Waals surface area contributed by atoms with Crippen molar-refractivity contribution in [1.29, 1.82) is 5.26 Å². The van der Waals surface area contributed by atoms with Gasteiger partial charge in [-0.1, -0.05) is 13.0 Å². The van der Waals surface area contributed by atoms with Crippen LogP contribution >= 0.6 is 0 Å². The average molecular weight is 233 g/mol. The van der Waals surface area contributed by atoms with Crippen molar-refractivity contribution in [2.75, 3.05) is 13.7 Å². The van der Waals surface area contributed by atoms with E-state index in [1.807, 2.05) is 13.0 Å². The number of hydrogen-bond donors (Lipinski definition) is 0. The number of esters is 1. The minimum Gasteiger partial charge on any atom is -0.496 e. The Bertz CT molecular complexity index is 460. The second kappa shape index (κ2) is 5.90. The number of ether oxygens (including phenoxy) is 2. The summed E-state index contributed by atoms with van der Waals surface area (Å²) in [6.45, 7) is 3.95. The number of aryl methyl sites for hydroxylation is 1. The van der Waals surface area contributed by atoms with Crippen LogP contribution in [0.15, 0.2) is 12.1 Å². The predicted octanol–water partition coefficient (Wildman–Crippen LogP) is 2.31. The molecule has 0 atom stereocenters. The van der Waals surface area contributed by atoms with Crippen LogP contribution < -0.4 is 4.74 Å². The zero-order valence-electron chi connectivity index (χ0n) is 10.2. The molecule has 0 radical (unpaired) electrons. The van der Waals surface area contributed by atoms with Crippen LogP contribution in [0.1, 0.15) is 35.3 Å². The first-order valence-corrected chi connectivity index (χ1v) is 5.46. The Morgan fingerprint density at radius 1 is 1.41 bits per heavy atom. The minimum absolute atomic E-state index is 0.219. The molecular formula is C13H15NO3. The number of hydrogen-bond acceptors (Lipinski definition) is 4. The molecule has 1 aromatic rings. The topological polar surface area (TPSA) is 59.3 Å². The fourth-order valence-electron chi connectivity index (χ4n) is 1.64. The van der Waals surface area contributed by atoms with E-state index in [0.717, 1.165) is 12.0 Å². The van der Waals surface area contributed by atoms with Gasteiger partial charge in [-0.2, -0.15) is 5.26 Å². The molecule has 0 aliphatic carbocycles. The molecule has 0 fully saturated rings. The summed E-state index contributed by atoms with van der Waals surface area (Å²) < 4.78 is 10.2. The van der Waals surface area contributed by atoms with Crippen molar-refractivity contribution in [3.05, 3.63) is 28.8 Å². The number of methoxy groups -OCH3 is 1. The third-order valence-corrected chi connectivity index (χ3v) is 2.42. The molecule has 1 rings (SSSR count). The maximum atomic E-state index is 11.8. The van der Waals surface area contributed by atoms with Gasteiger partial charge in [0.05, 0.1) is 19.3 Å². The number of nitrogens with zero attached hydrogens (tertiary/aromatic N) is 1. The first kappa shape index (κ1) is 13.0. The van der Waals surface area contributed by atoms with Gasteiger partial charge in [-0.05, 0) is 25.0 Å². The highest BCUT2D eigenvalue weighted by Gasteiger charge is 2.21. The Kier molecular flexibility index (Phi) is 4.53. The number of benzene rings is 1. The molecule has 0 N–H and O–H groups in total. The first-order valence-electron chi connectivity index (χ1n) is 5.46. The van der Waals surface area contributed by atoms with Gasteiger partial charge >= 0.3 is 5.97 Å². The number of carbonyl (C=O) groups is 1. The lowest BCUT2D eigenvalue weighted by Gasteiger charge is -2.13. The van der Waals surface area contributed by atoms with Crippen molar-refractivity contribution in [2.24, 2.45) is 0 Å². The van der Waals surface area contributed by atoms with Crippen molar-refractivity contribution >= 4 is 5.97 Å². The Morgan fingerprint density at radius 2 is 2.12 bits per heavy atom. The van der Waals surface area contributed by atoms with Crippen LogP contribution in [0.2, 0.25) is 0 Å². The van der Waals surface area contributed by atoms with Crippen molar-refractivity contribution in [3.8, 4) is 11.8 Å². The molecule has 0 saturated heterocycles. The van der Waals surface area contributed by atoms with E-state index in [9.17, 15) is 4.79 Å². The summed E-state index contributed by atoms with van der Waals surface area (Å²) >= 11 is 0. The van der Waals surface area contributed by atoms with Crippen LogP contribution in [0.4, 0.5) is 0 Å². The molecule has 17 heavy (non-hydrogen) atoms. The summed E-state index contributed by atoms with van der Waals surface area (Å²) in [7, 11) is 1.48. The van der Waals surface area contributed by atoms with Gasteiger partial charge in [0.1, 0.15) is 17.4 Å². The highest BCUT2D eigenvalue weighted by atomic mass is 16.5. The van der Waals surface area contributed by atoms with Crippen molar-refractivity contribution in [2.45, 2.75) is 20.3 Å². The Labute approximate surface area is 101 Å². The third-order valence-electron chi connectivity index (χ3n) is 2.42. The molecule has 0 aliphatic rings. The van der Waals surface area contributed by atoms with Gasteiger partial charge in [-0.3, -0.25) is 0 Å². The first-order chi connectivity index (χ1) is 8.19. The summed E-state index contributed by atoms with van der Waals surface area (Å²) in [5.41, 5.74) is 1.38. The van der Waals surface area contributed by atoms with Gasteiger partial charge in [-0.25, -0.2) is 4.79 Å². The number of nitriles is 1. The van der Waals surface area contributed by atoms with Crippen LogP contribution in [-0.2, 0) is 11.2 Å². The fraction of sp³-hybridized carbons (Fsp3) is 0.385. The maximum absolute atomic E-state index is 11.8. The molecular weight excluding hydrogens is 218 g/mol. The van der Waals surface area contributed by atoms with E-state index in [0.29, 0.717) is 5.75 Å². The molecule has 0 saturated carbocycles. The Balaban J connectivity index is 3.41. The summed E-state index contributed by atoms with van der Waals surface area (Å²) in [6, 6.07) is 5.39. The SMILES string of the molecule is CCOC(=O)c1c(C#N)ccc(CC)c1OC.